The highest BCUT2D eigenvalue weighted by atomic mass is 35.5. The maximum Gasteiger partial charge on any atom is 0.256 e. The number of amides is 2. The highest BCUT2D eigenvalue weighted by Gasteiger charge is 2.30. The molecule has 30 heavy (non-hydrogen) atoms. The lowest BCUT2D eigenvalue weighted by atomic mass is 9.86. The van der Waals surface area contributed by atoms with Crippen LogP contribution in [0.3, 0.4) is 0 Å². The molecule has 0 radical (unpaired) electrons. The number of carbonyl (C=O) groups is 2. The van der Waals surface area contributed by atoms with Gasteiger partial charge in [0.1, 0.15) is 0 Å². The molecule has 4 rings (SSSR count). The molecule has 2 unspecified atom stereocenters. The van der Waals surface area contributed by atoms with Gasteiger partial charge in [0, 0.05) is 50.7 Å². The third-order valence-electron chi connectivity index (χ3n) is 6.07. The maximum atomic E-state index is 13.3. The third-order valence-corrected chi connectivity index (χ3v) is 6.37. The molecule has 156 valence electrons. The molecule has 0 aliphatic carbocycles. The van der Waals surface area contributed by atoms with Crippen molar-refractivity contribution in [1.82, 2.24) is 19.8 Å². The first-order valence-corrected chi connectivity index (χ1v) is 10.5. The number of nitrogens with zero attached hydrogens (tertiary/aromatic N) is 3. The molecule has 1 N–H and O–H groups in total. The molecule has 2 amide bonds. The quantitative estimate of drug-likeness (QED) is 0.693. The van der Waals surface area contributed by atoms with Crippen molar-refractivity contribution < 1.29 is 9.59 Å². The van der Waals surface area contributed by atoms with Gasteiger partial charge in [-0.1, -0.05) is 30.7 Å². The monoisotopic (exact) mass is 424 g/mol. The second kappa shape index (κ2) is 8.48. The number of carbonyl (C=O) groups excluding carboxylic acids is 2. The summed E-state index contributed by atoms with van der Waals surface area (Å²) in [5, 5.41) is 4.37. The number of piperidine rings is 1. The summed E-state index contributed by atoms with van der Waals surface area (Å²) in [6.07, 6.45) is 5.90. The highest BCUT2D eigenvalue weighted by molar-refractivity contribution is 6.33. The van der Waals surface area contributed by atoms with E-state index in [4.69, 9.17) is 11.6 Å². The highest BCUT2D eigenvalue weighted by Crippen LogP contribution is 2.27. The van der Waals surface area contributed by atoms with Crippen molar-refractivity contribution >= 4 is 34.3 Å². The molecule has 2 aromatic heterocycles. The van der Waals surface area contributed by atoms with E-state index in [1.54, 1.807) is 12.3 Å². The van der Waals surface area contributed by atoms with Gasteiger partial charge in [-0.2, -0.15) is 0 Å². The Balaban J connectivity index is 1.46. The topological polar surface area (TPSA) is 67.2 Å². The number of benzene rings is 1. The molecule has 1 aromatic carbocycles. The van der Waals surface area contributed by atoms with E-state index in [9.17, 15) is 9.59 Å². The maximum absolute atomic E-state index is 13.3. The Bertz CT molecular complexity index is 1090. The summed E-state index contributed by atoms with van der Waals surface area (Å²) < 4.78 is 1.99. The largest absolute Gasteiger partial charge is 0.352 e. The summed E-state index contributed by atoms with van der Waals surface area (Å²) in [6, 6.07) is 9.47. The van der Waals surface area contributed by atoms with E-state index < -0.39 is 0 Å². The summed E-state index contributed by atoms with van der Waals surface area (Å²) in [6.45, 7) is 4.01. The van der Waals surface area contributed by atoms with Gasteiger partial charge in [0.25, 0.3) is 11.8 Å². The van der Waals surface area contributed by atoms with Crippen LogP contribution in [0.1, 0.15) is 34.1 Å². The SMILES string of the molecule is CC1CCN(C(=O)c2cccc3ccn(C)c23)CC1CNC(=O)c1ccncc1Cl. The molecule has 0 bridgehead atoms. The van der Waals surface area contributed by atoms with Gasteiger partial charge in [0.05, 0.1) is 21.7 Å². The Morgan fingerprint density at radius 2 is 2.07 bits per heavy atom. The number of pyridine rings is 1. The molecule has 2 atom stereocenters. The zero-order chi connectivity index (χ0) is 21.3. The van der Waals surface area contributed by atoms with Gasteiger partial charge in [0.15, 0.2) is 0 Å². The van der Waals surface area contributed by atoms with Gasteiger partial charge in [-0.15, -0.1) is 0 Å². The Morgan fingerprint density at radius 1 is 1.23 bits per heavy atom. The molecule has 0 saturated carbocycles. The van der Waals surface area contributed by atoms with E-state index in [2.05, 4.69) is 17.2 Å². The number of nitrogens with one attached hydrogen (secondary N) is 1. The molecular formula is C23H25ClN4O2. The van der Waals surface area contributed by atoms with Crippen LogP contribution in [-0.4, -0.2) is 45.9 Å². The van der Waals surface area contributed by atoms with E-state index in [0.29, 0.717) is 29.6 Å². The van der Waals surface area contributed by atoms with Gasteiger partial charge in [-0.05, 0) is 36.5 Å². The Kier molecular flexibility index (Phi) is 5.77. The molecule has 7 heteroatoms. The second-order valence-electron chi connectivity index (χ2n) is 8.01. The predicted octanol–water partition coefficient (Wildman–Crippen LogP) is 3.75. The Morgan fingerprint density at radius 3 is 2.87 bits per heavy atom. The molecule has 1 fully saturated rings. The summed E-state index contributed by atoms with van der Waals surface area (Å²) >= 11 is 6.07. The van der Waals surface area contributed by atoms with E-state index in [0.717, 1.165) is 29.4 Å². The van der Waals surface area contributed by atoms with Crippen molar-refractivity contribution in [2.24, 2.45) is 18.9 Å². The van der Waals surface area contributed by atoms with Crippen LogP contribution in [0.2, 0.25) is 5.02 Å². The summed E-state index contributed by atoms with van der Waals surface area (Å²) in [5.41, 5.74) is 2.10. The number of para-hydroxylation sites is 1. The van der Waals surface area contributed by atoms with Crippen LogP contribution in [0.15, 0.2) is 48.9 Å². The average Bonchev–Trinajstić information content (AvgIpc) is 3.14. The Labute approximate surface area is 180 Å². The lowest BCUT2D eigenvalue weighted by Crippen LogP contribution is -2.47. The van der Waals surface area contributed by atoms with E-state index in [-0.39, 0.29) is 17.7 Å². The fraction of sp³-hybridized carbons (Fsp3) is 0.348. The van der Waals surface area contributed by atoms with Crippen LogP contribution in [-0.2, 0) is 7.05 Å². The molecule has 1 saturated heterocycles. The lowest BCUT2D eigenvalue weighted by molar-refractivity contribution is 0.0607. The third kappa shape index (κ3) is 3.92. The van der Waals surface area contributed by atoms with Crippen LogP contribution in [0, 0.1) is 11.8 Å². The van der Waals surface area contributed by atoms with E-state index >= 15 is 0 Å². The standard InChI is InChI=1S/C23H25ClN4O2/c1-15-7-11-28(23(30)19-5-3-4-16-8-10-27(2)21(16)19)14-17(15)12-26-22(29)18-6-9-25-13-20(18)24/h3-6,8-10,13,15,17H,7,11-12,14H2,1-2H3,(H,26,29). The van der Waals surface area contributed by atoms with Gasteiger partial charge < -0.3 is 14.8 Å². The fourth-order valence-corrected chi connectivity index (χ4v) is 4.38. The molecule has 1 aliphatic rings. The first-order valence-electron chi connectivity index (χ1n) is 10.2. The van der Waals surface area contributed by atoms with Crippen molar-refractivity contribution in [3.8, 4) is 0 Å². The van der Waals surface area contributed by atoms with Gasteiger partial charge in [-0.3, -0.25) is 14.6 Å². The molecule has 0 spiro atoms. The van der Waals surface area contributed by atoms with E-state index in [1.807, 2.05) is 47.0 Å². The van der Waals surface area contributed by atoms with Crippen LogP contribution >= 0.6 is 11.6 Å². The zero-order valence-corrected chi connectivity index (χ0v) is 17.9. The molecule has 3 aromatic rings. The number of likely N-dealkylation sites (tertiary alicyclic amines) is 1. The van der Waals surface area contributed by atoms with E-state index in [1.165, 1.54) is 6.20 Å². The number of rotatable bonds is 4. The first kappa shape index (κ1) is 20.4. The number of halogens is 1. The molecular weight excluding hydrogens is 400 g/mol. The van der Waals surface area contributed by atoms with Crippen molar-refractivity contribution in [1.29, 1.82) is 0 Å². The van der Waals surface area contributed by atoms with Gasteiger partial charge >= 0.3 is 0 Å². The number of aromatic nitrogens is 2. The average molecular weight is 425 g/mol. The molecule has 1 aliphatic heterocycles. The summed E-state index contributed by atoms with van der Waals surface area (Å²) in [4.78, 5) is 31.6. The number of hydrogen-bond acceptors (Lipinski definition) is 3. The smallest absolute Gasteiger partial charge is 0.256 e. The minimum absolute atomic E-state index is 0.0443. The van der Waals surface area contributed by atoms with Crippen molar-refractivity contribution in [2.45, 2.75) is 13.3 Å². The minimum Gasteiger partial charge on any atom is -0.352 e. The number of aryl methyl sites for hydroxylation is 1. The van der Waals surface area contributed by atoms with Crippen molar-refractivity contribution in [2.75, 3.05) is 19.6 Å². The van der Waals surface area contributed by atoms with Gasteiger partial charge in [0.2, 0.25) is 0 Å². The summed E-state index contributed by atoms with van der Waals surface area (Å²) in [5.74, 6) is 0.419. The van der Waals surface area contributed by atoms with Crippen LogP contribution in [0.4, 0.5) is 0 Å². The summed E-state index contributed by atoms with van der Waals surface area (Å²) in [7, 11) is 1.96. The van der Waals surface area contributed by atoms with Crippen LogP contribution in [0.25, 0.3) is 10.9 Å². The molecule has 3 heterocycles. The van der Waals surface area contributed by atoms with Crippen molar-refractivity contribution in [3.05, 3.63) is 65.1 Å². The number of hydrogen-bond donors (Lipinski definition) is 1. The van der Waals surface area contributed by atoms with Crippen LogP contribution in [0.5, 0.6) is 0 Å². The fourth-order valence-electron chi connectivity index (χ4n) is 4.18. The lowest BCUT2D eigenvalue weighted by Gasteiger charge is -2.37. The van der Waals surface area contributed by atoms with Crippen molar-refractivity contribution in [3.63, 3.8) is 0 Å². The van der Waals surface area contributed by atoms with Crippen LogP contribution < -0.4 is 5.32 Å². The zero-order valence-electron chi connectivity index (χ0n) is 17.1. The second-order valence-corrected chi connectivity index (χ2v) is 8.42. The Hall–Kier alpha value is -2.86. The molecule has 6 nitrogen and oxygen atoms in total. The first-order chi connectivity index (χ1) is 14.5. The normalized spacial score (nSPS) is 19.1. The van der Waals surface area contributed by atoms with Gasteiger partial charge in [-0.25, -0.2) is 0 Å². The predicted molar refractivity (Wildman–Crippen MR) is 118 cm³/mol. The number of fused-ring (bicyclic) bond motifs is 1. The minimum atomic E-state index is -0.216.